The van der Waals surface area contributed by atoms with E-state index in [9.17, 15) is 14.7 Å². The molecule has 0 unspecified atom stereocenters. The van der Waals surface area contributed by atoms with Gasteiger partial charge in [0.05, 0.1) is 17.8 Å². The molecule has 0 saturated heterocycles. The molecule has 0 saturated carbocycles. The lowest BCUT2D eigenvalue weighted by atomic mass is 9.99. The topological polar surface area (TPSA) is 97.6 Å². The second-order valence-corrected chi connectivity index (χ2v) is 7.00. The van der Waals surface area contributed by atoms with Crippen molar-refractivity contribution >= 4 is 22.9 Å². The zero-order chi connectivity index (χ0) is 20.0. The lowest BCUT2D eigenvalue weighted by molar-refractivity contribution is -0.132. The smallest absolute Gasteiger partial charge is 0.415 e. The van der Waals surface area contributed by atoms with Crippen molar-refractivity contribution < 1.29 is 19.4 Å². The van der Waals surface area contributed by atoms with Crippen LogP contribution in [0.4, 0.5) is 4.79 Å². The molecule has 4 rings (SSSR count). The summed E-state index contributed by atoms with van der Waals surface area (Å²) in [5, 5.41) is 10.1. The van der Waals surface area contributed by atoms with Crippen molar-refractivity contribution in [2.24, 2.45) is 0 Å². The summed E-state index contributed by atoms with van der Waals surface area (Å²) in [4.78, 5) is 33.6. The molecule has 8 nitrogen and oxygen atoms in total. The first-order chi connectivity index (χ1) is 13.4. The Morgan fingerprint density at radius 3 is 2.75 bits per heavy atom. The van der Waals surface area contributed by atoms with Gasteiger partial charge >= 0.3 is 6.09 Å². The van der Waals surface area contributed by atoms with Crippen molar-refractivity contribution in [2.45, 2.75) is 39.8 Å². The average Bonchev–Trinajstić information content (AvgIpc) is 3.09. The van der Waals surface area contributed by atoms with Crippen LogP contribution in [-0.2, 0) is 17.8 Å². The van der Waals surface area contributed by atoms with Gasteiger partial charge in [-0.05, 0) is 38.5 Å². The Morgan fingerprint density at radius 1 is 1.25 bits per heavy atom. The third-order valence-electron chi connectivity index (χ3n) is 5.26. The van der Waals surface area contributed by atoms with Gasteiger partial charge in [-0.3, -0.25) is 9.36 Å². The largest absolute Gasteiger partial charge is 0.464 e. The molecule has 0 radical (unpaired) electrons. The number of hydrogen-bond donors (Lipinski definition) is 1. The summed E-state index contributed by atoms with van der Waals surface area (Å²) in [5.41, 5.74) is 3.12. The van der Waals surface area contributed by atoms with E-state index in [0.717, 1.165) is 22.2 Å². The number of nitrogens with zero attached hydrogens (tertiary/aromatic N) is 4. The minimum atomic E-state index is -1.03. The Labute approximate surface area is 161 Å². The standard InChI is InChI=1S/C20H20N4O4/c1-11-8-15-16(9-24(11)13(3)25)21-10-22-19(15)28-18-5-4-17-14(12(18)2)6-7-23(17)20(26)27/h4-7,10-11H,8-9H2,1-3H3,(H,26,27)/t11-/m0/s1. The second kappa shape index (κ2) is 6.63. The number of carbonyl (C=O) groups is 2. The minimum Gasteiger partial charge on any atom is -0.464 e. The lowest BCUT2D eigenvalue weighted by Gasteiger charge is -2.33. The van der Waals surface area contributed by atoms with Crippen molar-refractivity contribution in [1.29, 1.82) is 0 Å². The van der Waals surface area contributed by atoms with E-state index in [1.54, 1.807) is 30.0 Å². The van der Waals surface area contributed by atoms with Gasteiger partial charge in [-0.1, -0.05) is 0 Å². The predicted octanol–water partition coefficient (Wildman–Crippen LogP) is 3.35. The fourth-order valence-corrected chi connectivity index (χ4v) is 3.73. The molecular formula is C20H20N4O4. The highest BCUT2D eigenvalue weighted by Crippen LogP contribution is 2.34. The van der Waals surface area contributed by atoms with Gasteiger partial charge in [0.1, 0.15) is 12.1 Å². The van der Waals surface area contributed by atoms with Crippen LogP contribution in [0.3, 0.4) is 0 Å². The summed E-state index contributed by atoms with van der Waals surface area (Å²) in [6, 6.07) is 5.26. The quantitative estimate of drug-likeness (QED) is 0.732. The van der Waals surface area contributed by atoms with Crippen LogP contribution in [0.25, 0.3) is 10.9 Å². The van der Waals surface area contributed by atoms with Gasteiger partial charge in [0.15, 0.2) is 0 Å². The third kappa shape index (κ3) is 2.87. The number of ether oxygens (including phenoxy) is 1. The highest BCUT2D eigenvalue weighted by molar-refractivity contribution is 5.92. The number of amides is 1. The van der Waals surface area contributed by atoms with E-state index in [4.69, 9.17) is 4.74 Å². The Bertz CT molecular complexity index is 1110. The fourth-order valence-electron chi connectivity index (χ4n) is 3.73. The van der Waals surface area contributed by atoms with Crippen LogP contribution < -0.4 is 4.74 Å². The minimum absolute atomic E-state index is 0.0171. The summed E-state index contributed by atoms with van der Waals surface area (Å²) < 4.78 is 7.30. The molecule has 1 aliphatic rings. The molecule has 8 heteroatoms. The van der Waals surface area contributed by atoms with Crippen LogP contribution in [0, 0.1) is 6.92 Å². The second-order valence-electron chi connectivity index (χ2n) is 7.00. The van der Waals surface area contributed by atoms with Crippen LogP contribution in [-0.4, -0.2) is 42.6 Å². The number of aryl methyl sites for hydroxylation is 1. The molecule has 144 valence electrons. The Morgan fingerprint density at radius 2 is 2.04 bits per heavy atom. The summed E-state index contributed by atoms with van der Waals surface area (Å²) in [6.07, 6.45) is 2.55. The molecule has 1 N–H and O–H groups in total. The SMILES string of the molecule is CC(=O)N1Cc2ncnc(Oc3ccc4c(ccn4C(=O)O)c3C)c2C[C@@H]1C. The molecule has 0 spiro atoms. The zero-order valence-electron chi connectivity index (χ0n) is 15.8. The summed E-state index contributed by atoms with van der Waals surface area (Å²) >= 11 is 0. The van der Waals surface area contributed by atoms with Gasteiger partial charge in [-0.25, -0.2) is 14.8 Å². The number of fused-ring (bicyclic) bond motifs is 2. The van der Waals surface area contributed by atoms with Crippen molar-refractivity contribution in [3.8, 4) is 11.6 Å². The molecule has 3 aromatic rings. The van der Waals surface area contributed by atoms with Crippen LogP contribution in [0.2, 0.25) is 0 Å². The highest BCUT2D eigenvalue weighted by atomic mass is 16.5. The zero-order valence-corrected chi connectivity index (χ0v) is 15.8. The summed E-state index contributed by atoms with van der Waals surface area (Å²) in [5.74, 6) is 1.10. The highest BCUT2D eigenvalue weighted by Gasteiger charge is 2.29. The van der Waals surface area contributed by atoms with Gasteiger partial charge in [0, 0.05) is 35.7 Å². The van der Waals surface area contributed by atoms with Gasteiger partial charge in [0.2, 0.25) is 11.8 Å². The van der Waals surface area contributed by atoms with Gasteiger partial charge < -0.3 is 14.7 Å². The van der Waals surface area contributed by atoms with Gasteiger partial charge in [0.25, 0.3) is 0 Å². The van der Waals surface area contributed by atoms with E-state index in [2.05, 4.69) is 9.97 Å². The molecule has 1 atom stereocenters. The maximum absolute atomic E-state index is 11.8. The van der Waals surface area contributed by atoms with E-state index >= 15 is 0 Å². The van der Waals surface area contributed by atoms with Crippen molar-refractivity contribution in [3.63, 3.8) is 0 Å². The molecule has 0 aliphatic carbocycles. The van der Waals surface area contributed by atoms with E-state index < -0.39 is 6.09 Å². The first-order valence-corrected chi connectivity index (χ1v) is 8.98. The number of carbonyl (C=O) groups excluding carboxylic acids is 1. The van der Waals surface area contributed by atoms with Crippen LogP contribution in [0.1, 0.15) is 30.7 Å². The Kier molecular flexibility index (Phi) is 4.26. The molecule has 1 aliphatic heterocycles. The Hall–Kier alpha value is -3.42. The van der Waals surface area contributed by atoms with Crippen molar-refractivity contribution in [3.05, 3.63) is 47.5 Å². The molecule has 2 aromatic heterocycles. The number of carboxylic acid groups (broad SMARTS) is 1. The average molecular weight is 380 g/mol. The number of hydrogen-bond acceptors (Lipinski definition) is 5. The number of aromatic nitrogens is 3. The molecular weight excluding hydrogens is 360 g/mol. The summed E-state index contributed by atoms with van der Waals surface area (Å²) in [7, 11) is 0. The molecule has 1 aromatic carbocycles. The van der Waals surface area contributed by atoms with Gasteiger partial charge in [-0.2, -0.15) is 0 Å². The molecule has 28 heavy (non-hydrogen) atoms. The van der Waals surface area contributed by atoms with Crippen molar-refractivity contribution in [1.82, 2.24) is 19.4 Å². The number of benzene rings is 1. The van der Waals surface area contributed by atoms with E-state index in [1.165, 1.54) is 17.1 Å². The fraction of sp³-hybridized carbons (Fsp3) is 0.300. The van der Waals surface area contributed by atoms with E-state index in [0.29, 0.717) is 30.1 Å². The maximum atomic E-state index is 11.8. The molecule has 3 heterocycles. The van der Waals surface area contributed by atoms with Crippen LogP contribution >= 0.6 is 0 Å². The molecule has 1 amide bonds. The van der Waals surface area contributed by atoms with Crippen LogP contribution in [0.15, 0.2) is 30.7 Å². The van der Waals surface area contributed by atoms with Gasteiger partial charge in [-0.15, -0.1) is 0 Å². The normalized spacial score (nSPS) is 16.1. The van der Waals surface area contributed by atoms with Crippen LogP contribution in [0.5, 0.6) is 11.6 Å². The maximum Gasteiger partial charge on any atom is 0.415 e. The summed E-state index contributed by atoms with van der Waals surface area (Å²) in [6.45, 7) is 5.87. The van der Waals surface area contributed by atoms with Crippen molar-refractivity contribution in [2.75, 3.05) is 0 Å². The van der Waals surface area contributed by atoms with E-state index in [-0.39, 0.29) is 11.9 Å². The first-order valence-electron chi connectivity index (χ1n) is 8.98. The molecule has 0 fully saturated rings. The lowest BCUT2D eigenvalue weighted by Crippen LogP contribution is -2.41. The predicted molar refractivity (Wildman–Crippen MR) is 102 cm³/mol. The third-order valence-corrected chi connectivity index (χ3v) is 5.26. The number of rotatable bonds is 2. The monoisotopic (exact) mass is 380 g/mol. The van der Waals surface area contributed by atoms with E-state index in [1.807, 2.05) is 13.8 Å². The molecule has 0 bridgehead atoms. The Balaban J connectivity index is 1.71. The first kappa shape index (κ1) is 18.0.